The van der Waals surface area contributed by atoms with Crippen molar-refractivity contribution in [3.05, 3.63) is 52.4 Å². The first-order valence-electron chi connectivity index (χ1n) is 11.5. The highest BCUT2D eigenvalue weighted by Crippen LogP contribution is 2.46. The summed E-state index contributed by atoms with van der Waals surface area (Å²) in [6.45, 7) is 9.83. The monoisotopic (exact) mass is 455 g/mol. The van der Waals surface area contributed by atoms with E-state index in [1.807, 2.05) is 58.9 Å². The molecule has 1 heterocycles. The summed E-state index contributed by atoms with van der Waals surface area (Å²) in [5, 5.41) is 3.27. The van der Waals surface area contributed by atoms with Crippen molar-refractivity contribution in [1.29, 1.82) is 0 Å². The second-order valence-electron chi connectivity index (χ2n) is 8.67. The topological polar surface area (TPSA) is 90.9 Å². The van der Waals surface area contributed by atoms with Gasteiger partial charge >= 0.3 is 11.9 Å². The molecular weight excluding hydrogens is 422 g/mol. The highest BCUT2D eigenvalue weighted by Gasteiger charge is 2.47. The summed E-state index contributed by atoms with van der Waals surface area (Å²) in [4.78, 5) is 39.5. The van der Waals surface area contributed by atoms with Gasteiger partial charge in [0.2, 0.25) is 0 Å². The smallest absolute Gasteiger partial charge is 0.337 e. The van der Waals surface area contributed by atoms with Gasteiger partial charge in [-0.2, -0.15) is 0 Å². The number of Topliss-reactive ketones (excluding diaryl/α,β-unsaturated/α-hetero) is 1. The molecule has 1 aromatic rings. The Bertz CT molecular complexity index is 1010. The maximum absolute atomic E-state index is 13.7. The van der Waals surface area contributed by atoms with Gasteiger partial charge in [-0.15, -0.1) is 0 Å². The molecule has 0 saturated heterocycles. The molecular formula is C26H33NO6. The Morgan fingerprint density at radius 2 is 1.97 bits per heavy atom. The van der Waals surface area contributed by atoms with Gasteiger partial charge in [0.05, 0.1) is 25.4 Å². The van der Waals surface area contributed by atoms with Gasteiger partial charge in [0.25, 0.3) is 0 Å². The number of carbonyl (C=O) groups excluding carboxylic acids is 3. The van der Waals surface area contributed by atoms with Gasteiger partial charge in [0.1, 0.15) is 11.7 Å². The lowest BCUT2D eigenvalue weighted by Gasteiger charge is -2.38. The molecule has 0 radical (unpaired) electrons. The molecule has 2 aliphatic rings. The third-order valence-corrected chi connectivity index (χ3v) is 6.35. The minimum absolute atomic E-state index is 0.229. The second kappa shape index (κ2) is 10.2. The molecule has 7 nitrogen and oxygen atoms in total. The molecule has 1 N–H and O–H groups in total. The summed E-state index contributed by atoms with van der Waals surface area (Å²) in [5.74, 6) is -2.54. The Balaban J connectivity index is 2.17. The molecule has 0 aromatic heterocycles. The van der Waals surface area contributed by atoms with Crippen LogP contribution in [0.5, 0.6) is 5.75 Å². The summed E-state index contributed by atoms with van der Waals surface area (Å²) in [5.41, 5.74) is 2.90. The van der Waals surface area contributed by atoms with Crippen LogP contribution in [0.1, 0.15) is 58.9 Å². The van der Waals surface area contributed by atoms with Crippen molar-refractivity contribution in [1.82, 2.24) is 5.32 Å². The number of hydrogen-bond acceptors (Lipinski definition) is 7. The van der Waals surface area contributed by atoms with Crippen LogP contribution >= 0.6 is 0 Å². The molecule has 0 fully saturated rings. The van der Waals surface area contributed by atoms with Gasteiger partial charge in [0.15, 0.2) is 5.78 Å². The van der Waals surface area contributed by atoms with Gasteiger partial charge in [-0.1, -0.05) is 26.0 Å². The molecule has 1 aliphatic heterocycles. The van der Waals surface area contributed by atoms with Crippen LogP contribution in [0, 0.1) is 11.8 Å². The van der Waals surface area contributed by atoms with E-state index < -0.39 is 23.8 Å². The zero-order chi connectivity index (χ0) is 24.3. The fourth-order valence-corrected chi connectivity index (χ4v) is 4.56. The molecule has 4 atom stereocenters. The van der Waals surface area contributed by atoms with E-state index in [0.717, 1.165) is 11.3 Å². The summed E-state index contributed by atoms with van der Waals surface area (Å²) in [6.07, 6.45) is 0.895. The number of nitrogens with one attached hydrogen (secondary N) is 1. The van der Waals surface area contributed by atoms with Crippen LogP contribution in [-0.4, -0.2) is 37.5 Å². The lowest BCUT2D eigenvalue weighted by Crippen LogP contribution is -2.43. The van der Waals surface area contributed by atoms with Crippen molar-refractivity contribution in [2.75, 3.05) is 13.7 Å². The zero-order valence-corrected chi connectivity index (χ0v) is 20.2. The summed E-state index contributed by atoms with van der Waals surface area (Å²) in [7, 11) is 1.29. The molecule has 0 unspecified atom stereocenters. The second-order valence-corrected chi connectivity index (χ2v) is 8.67. The first-order valence-corrected chi connectivity index (χ1v) is 11.5. The highest BCUT2D eigenvalue weighted by atomic mass is 16.5. The third kappa shape index (κ3) is 4.82. The number of methoxy groups -OCH3 is 1. The van der Waals surface area contributed by atoms with E-state index in [9.17, 15) is 14.4 Å². The molecule has 1 aliphatic carbocycles. The van der Waals surface area contributed by atoms with Gasteiger partial charge in [0, 0.05) is 22.9 Å². The first kappa shape index (κ1) is 24.6. The van der Waals surface area contributed by atoms with Crippen LogP contribution in [-0.2, 0) is 23.9 Å². The fraction of sp³-hybridized carbons (Fsp3) is 0.500. The van der Waals surface area contributed by atoms with Crippen LogP contribution in [0.3, 0.4) is 0 Å². The first-order chi connectivity index (χ1) is 15.7. The highest BCUT2D eigenvalue weighted by molar-refractivity contribution is 6.12. The Kier molecular flexibility index (Phi) is 7.61. The molecule has 0 bridgehead atoms. The van der Waals surface area contributed by atoms with Crippen LogP contribution in [0.2, 0.25) is 0 Å². The predicted molar refractivity (Wildman–Crippen MR) is 123 cm³/mol. The lowest BCUT2D eigenvalue weighted by molar-refractivity contribution is -0.151. The van der Waals surface area contributed by atoms with Crippen LogP contribution < -0.4 is 10.1 Å². The Labute approximate surface area is 195 Å². The number of benzene rings is 1. The Morgan fingerprint density at radius 3 is 2.61 bits per heavy atom. The molecule has 7 heteroatoms. The maximum Gasteiger partial charge on any atom is 0.337 e. The summed E-state index contributed by atoms with van der Waals surface area (Å²) >= 11 is 0. The molecule has 0 amide bonds. The van der Waals surface area contributed by atoms with Crippen molar-refractivity contribution < 1.29 is 28.6 Å². The molecule has 3 rings (SSSR count). The summed E-state index contributed by atoms with van der Waals surface area (Å²) < 4.78 is 16.3. The normalized spacial score (nSPS) is 23.5. The van der Waals surface area contributed by atoms with Gasteiger partial charge in [-0.25, -0.2) is 4.79 Å². The van der Waals surface area contributed by atoms with Crippen LogP contribution in [0.4, 0.5) is 0 Å². The fourth-order valence-electron chi connectivity index (χ4n) is 4.56. The number of rotatable bonds is 7. The van der Waals surface area contributed by atoms with Crippen molar-refractivity contribution in [3.8, 4) is 5.75 Å². The van der Waals surface area contributed by atoms with Crippen molar-refractivity contribution in [3.63, 3.8) is 0 Å². The number of dihydropyridines is 1. The molecule has 33 heavy (non-hydrogen) atoms. The van der Waals surface area contributed by atoms with Gasteiger partial charge in [-0.3, -0.25) is 9.59 Å². The third-order valence-electron chi connectivity index (χ3n) is 6.35. The van der Waals surface area contributed by atoms with Crippen molar-refractivity contribution >= 4 is 17.7 Å². The SMILES string of the molecule is CCOc1cccc([C@H]2C(C(=O)O[C@@H](C)CC)=C(C)NC3=C2C(=O)[C@H](C(=O)OC)[C@H](C)C3)c1. The van der Waals surface area contributed by atoms with E-state index in [4.69, 9.17) is 14.2 Å². The quantitative estimate of drug-likeness (QED) is 0.490. The van der Waals surface area contributed by atoms with E-state index in [2.05, 4.69) is 5.32 Å². The van der Waals surface area contributed by atoms with E-state index >= 15 is 0 Å². The van der Waals surface area contributed by atoms with Gasteiger partial charge in [-0.05, 0) is 57.2 Å². The summed E-state index contributed by atoms with van der Waals surface area (Å²) in [6, 6.07) is 7.38. The molecule has 0 spiro atoms. The van der Waals surface area contributed by atoms with Crippen LogP contribution in [0.15, 0.2) is 46.8 Å². The molecule has 1 aromatic carbocycles. The molecule has 0 saturated carbocycles. The Morgan fingerprint density at radius 1 is 1.24 bits per heavy atom. The minimum atomic E-state index is -0.918. The van der Waals surface area contributed by atoms with Crippen LogP contribution in [0.25, 0.3) is 0 Å². The number of ketones is 1. The Hall–Kier alpha value is -3.09. The number of allylic oxidation sites excluding steroid dienone is 3. The lowest BCUT2D eigenvalue weighted by atomic mass is 9.69. The maximum atomic E-state index is 13.7. The average molecular weight is 456 g/mol. The number of ether oxygens (including phenoxy) is 3. The van der Waals surface area contributed by atoms with E-state index in [0.29, 0.717) is 42.0 Å². The van der Waals surface area contributed by atoms with Crippen molar-refractivity contribution in [2.24, 2.45) is 11.8 Å². The number of esters is 2. The largest absolute Gasteiger partial charge is 0.494 e. The van der Waals surface area contributed by atoms with E-state index in [1.165, 1.54) is 7.11 Å². The van der Waals surface area contributed by atoms with E-state index in [-0.39, 0.29) is 17.8 Å². The average Bonchev–Trinajstić information content (AvgIpc) is 2.78. The standard InChI is InChI=1S/C26H33NO6/c1-7-15(4)33-26(30)21-16(5)27-19-12-14(3)20(25(29)31-6)24(28)23(19)22(21)17-10-9-11-18(13-17)32-8-2/h9-11,13-15,20,22,27H,7-8,12H2,1-6H3/t14-,15+,20-,22+/m1/s1. The number of hydrogen-bond donors (Lipinski definition) is 1. The van der Waals surface area contributed by atoms with Crippen molar-refractivity contribution in [2.45, 2.75) is 59.5 Å². The predicted octanol–water partition coefficient (Wildman–Crippen LogP) is 4.04. The minimum Gasteiger partial charge on any atom is -0.494 e. The number of carbonyl (C=O) groups is 3. The zero-order valence-electron chi connectivity index (χ0n) is 20.2. The van der Waals surface area contributed by atoms with Gasteiger partial charge < -0.3 is 19.5 Å². The van der Waals surface area contributed by atoms with E-state index in [1.54, 1.807) is 0 Å². The molecule has 178 valence electrons.